The van der Waals surface area contributed by atoms with Crippen molar-refractivity contribution in [2.75, 3.05) is 44.8 Å². The van der Waals surface area contributed by atoms with Gasteiger partial charge < -0.3 is 20.5 Å². The first-order chi connectivity index (χ1) is 19.0. The minimum absolute atomic E-state index is 0.299. The molecular formula is C27H32N8O3S. The van der Waals surface area contributed by atoms with E-state index in [1.807, 2.05) is 31.3 Å². The molecule has 2 amide bonds. The highest BCUT2D eigenvalue weighted by molar-refractivity contribution is 7.22. The predicted molar refractivity (Wildman–Crippen MR) is 151 cm³/mol. The topological polar surface area (TPSA) is 137 Å². The van der Waals surface area contributed by atoms with Crippen molar-refractivity contribution in [3.63, 3.8) is 0 Å². The summed E-state index contributed by atoms with van der Waals surface area (Å²) >= 11 is 1.40. The highest BCUT2D eigenvalue weighted by Crippen LogP contribution is 2.38. The largest absolute Gasteiger partial charge is 0.385 e. The fourth-order valence-electron chi connectivity index (χ4n) is 4.30. The number of morpholine rings is 1. The van der Waals surface area contributed by atoms with Crippen LogP contribution in [0.15, 0.2) is 42.9 Å². The molecule has 0 aliphatic carbocycles. The summed E-state index contributed by atoms with van der Waals surface area (Å²) in [6, 6.07) is 7.78. The number of pyridine rings is 1. The Morgan fingerprint density at radius 1 is 1.15 bits per heavy atom. The van der Waals surface area contributed by atoms with Crippen LogP contribution >= 0.6 is 11.3 Å². The number of thiazole rings is 1. The fraction of sp³-hybridized carbons (Fsp3) is 0.370. The van der Waals surface area contributed by atoms with E-state index in [1.165, 1.54) is 11.3 Å². The lowest BCUT2D eigenvalue weighted by Crippen LogP contribution is -2.41. The number of urea groups is 1. The third-order valence-electron chi connectivity index (χ3n) is 6.30. The van der Waals surface area contributed by atoms with Crippen LogP contribution in [0.2, 0.25) is 0 Å². The average Bonchev–Trinajstić information content (AvgIpc) is 3.35. The molecule has 1 aliphatic heterocycles. The van der Waals surface area contributed by atoms with Gasteiger partial charge in [0.2, 0.25) is 0 Å². The summed E-state index contributed by atoms with van der Waals surface area (Å²) in [5.41, 5.74) is 5.21. The van der Waals surface area contributed by atoms with Crippen molar-refractivity contribution >= 4 is 32.7 Å². The van der Waals surface area contributed by atoms with Gasteiger partial charge in [-0.3, -0.25) is 15.2 Å². The second-order valence-corrected chi connectivity index (χ2v) is 10.2. The minimum Gasteiger partial charge on any atom is -0.385 e. The summed E-state index contributed by atoms with van der Waals surface area (Å²) in [4.78, 5) is 32.5. The van der Waals surface area contributed by atoms with E-state index < -0.39 is 6.10 Å². The number of benzene rings is 1. The van der Waals surface area contributed by atoms with Crippen molar-refractivity contribution in [2.24, 2.45) is 0 Å². The van der Waals surface area contributed by atoms with E-state index in [0.29, 0.717) is 24.0 Å². The number of carbonyl (C=O) groups excluding carboxylic acids is 1. The normalized spacial score (nSPS) is 14.8. The molecule has 1 unspecified atom stereocenters. The second kappa shape index (κ2) is 12.5. The number of nitrogens with zero attached hydrogens (tertiary/aromatic N) is 5. The molecule has 0 spiro atoms. The summed E-state index contributed by atoms with van der Waals surface area (Å²) in [6.07, 6.45) is 4.45. The molecule has 1 fully saturated rings. The molecule has 204 valence electrons. The van der Waals surface area contributed by atoms with Crippen LogP contribution < -0.4 is 16.0 Å². The van der Waals surface area contributed by atoms with Crippen LogP contribution in [0, 0.1) is 0 Å². The van der Waals surface area contributed by atoms with Crippen LogP contribution in [0.4, 0.5) is 9.93 Å². The van der Waals surface area contributed by atoms with E-state index in [2.05, 4.69) is 46.9 Å². The van der Waals surface area contributed by atoms with Gasteiger partial charge in [-0.25, -0.2) is 19.7 Å². The number of rotatable bonds is 9. The maximum atomic E-state index is 12.2. The molecule has 0 bridgehead atoms. The van der Waals surface area contributed by atoms with Crippen molar-refractivity contribution in [1.29, 1.82) is 0 Å². The monoisotopic (exact) mass is 548 g/mol. The van der Waals surface area contributed by atoms with Crippen molar-refractivity contribution in [1.82, 2.24) is 35.5 Å². The standard InChI is InChI=1S/C27H32N8O3S/c1-3-29-26(37)34-27-33-23-12-19(20-14-31-25(17(2)36)32-15-20)11-21(24(23)39-27)22-10-18(4-5-30-22)13-28-16-35-6-8-38-9-7-35/h4-5,10-12,14-15,17,28,36H,3,6-9,13,16H2,1-2H3,(H2,29,33,34,37). The zero-order valence-electron chi connectivity index (χ0n) is 22.0. The van der Waals surface area contributed by atoms with Crippen LogP contribution in [-0.2, 0) is 11.3 Å². The van der Waals surface area contributed by atoms with E-state index >= 15 is 0 Å². The molecule has 4 N–H and O–H groups in total. The maximum absolute atomic E-state index is 12.2. The summed E-state index contributed by atoms with van der Waals surface area (Å²) in [5, 5.41) is 19.4. The van der Waals surface area contributed by atoms with Gasteiger partial charge in [0.05, 0.1) is 29.1 Å². The molecule has 1 aliphatic rings. The fourth-order valence-corrected chi connectivity index (χ4v) is 5.26. The summed E-state index contributed by atoms with van der Waals surface area (Å²) in [6.45, 7) is 8.92. The molecule has 4 aromatic rings. The minimum atomic E-state index is -0.748. The Labute approximate surface area is 230 Å². The first-order valence-corrected chi connectivity index (χ1v) is 13.8. The molecule has 1 aromatic carbocycles. The Morgan fingerprint density at radius 3 is 2.69 bits per heavy atom. The van der Waals surface area contributed by atoms with Gasteiger partial charge in [0, 0.05) is 62.6 Å². The Morgan fingerprint density at radius 2 is 1.95 bits per heavy atom. The first kappa shape index (κ1) is 27.0. The van der Waals surface area contributed by atoms with Gasteiger partial charge in [-0.2, -0.15) is 0 Å². The van der Waals surface area contributed by atoms with Crippen LogP contribution in [0.5, 0.6) is 0 Å². The number of aromatic nitrogens is 4. The zero-order chi connectivity index (χ0) is 27.2. The van der Waals surface area contributed by atoms with Gasteiger partial charge in [0.1, 0.15) is 6.10 Å². The Balaban J connectivity index is 1.47. The molecule has 0 radical (unpaired) electrons. The Hall–Kier alpha value is -3.55. The van der Waals surface area contributed by atoms with Crippen molar-refractivity contribution in [2.45, 2.75) is 26.5 Å². The van der Waals surface area contributed by atoms with E-state index in [0.717, 1.165) is 71.1 Å². The van der Waals surface area contributed by atoms with Crippen LogP contribution in [0.3, 0.4) is 0 Å². The van der Waals surface area contributed by atoms with Gasteiger partial charge in [0.25, 0.3) is 0 Å². The maximum Gasteiger partial charge on any atom is 0.321 e. The number of carbonyl (C=O) groups is 1. The Bertz CT molecular complexity index is 1420. The molecule has 12 heteroatoms. The van der Waals surface area contributed by atoms with Crippen LogP contribution in [-0.4, -0.2) is 75.5 Å². The highest BCUT2D eigenvalue weighted by atomic mass is 32.1. The van der Waals surface area contributed by atoms with Gasteiger partial charge >= 0.3 is 6.03 Å². The molecule has 4 heterocycles. The van der Waals surface area contributed by atoms with Gasteiger partial charge in [0.15, 0.2) is 11.0 Å². The predicted octanol–water partition coefficient (Wildman–Crippen LogP) is 3.39. The molecule has 39 heavy (non-hydrogen) atoms. The molecule has 1 saturated heterocycles. The van der Waals surface area contributed by atoms with E-state index in [4.69, 9.17) is 4.74 Å². The lowest BCUT2D eigenvalue weighted by atomic mass is 10.0. The number of ether oxygens (including phenoxy) is 1. The van der Waals surface area contributed by atoms with Crippen LogP contribution in [0.25, 0.3) is 32.6 Å². The summed E-state index contributed by atoms with van der Waals surface area (Å²) < 4.78 is 6.34. The number of fused-ring (bicyclic) bond motifs is 1. The van der Waals surface area contributed by atoms with E-state index in [1.54, 1.807) is 19.3 Å². The van der Waals surface area contributed by atoms with E-state index in [-0.39, 0.29) is 6.03 Å². The number of aliphatic hydroxyl groups excluding tert-OH is 1. The number of anilines is 1. The molecule has 1 atom stereocenters. The highest BCUT2D eigenvalue weighted by Gasteiger charge is 2.17. The van der Waals surface area contributed by atoms with E-state index in [9.17, 15) is 9.90 Å². The average molecular weight is 549 g/mol. The quantitative estimate of drug-likeness (QED) is 0.248. The summed E-state index contributed by atoms with van der Waals surface area (Å²) in [5.74, 6) is 0.362. The molecule has 3 aromatic heterocycles. The number of hydrogen-bond acceptors (Lipinski definition) is 10. The molecule has 0 saturated carbocycles. The summed E-state index contributed by atoms with van der Waals surface area (Å²) in [7, 11) is 0. The number of aliphatic hydroxyl groups is 1. The van der Waals surface area contributed by atoms with Gasteiger partial charge in [-0.1, -0.05) is 11.3 Å². The number of nitrogens with one attached hydrogen (secondary N) is 3. The van der Waals surface area contributed by atoms with Crippen molar-refractivity contribution < 1.29 is 14.6 Å². The van der Waals surface area contributed by atoms with Gasteiger partial charge in [-0.15, -0.1) is 0 Å². The lowest BCUT2D eigenvalue weighted by Gasteiger charge is -2.26. The first-order valence-electron chi connectivity index (χ1n) is 13.0. The number of hydrogen-bond donors (Lipinski definition) is 4. The molecule has 5 rings (SSSR count). The third-order valence-corrected chi connectivity index (χ3v) is 7.32. The Kier molecular flexibility index (Phi) is 8.69. The molecule has 11 nitrogen and oxygen atoms in total. The number of amides is 2. The lowest BCUT2D eigenvalue weighted by molar-refractivity contribution is 0.0340. The van der Waals surface area contributed by atoms with Crippen molar-refractivity contribution in [3.05, 3.63) is 54.2 Å². The van der Waals surface area contributed by atoms with Gasteiger partial charge in [-0.05, 0) is 49.2 Å². The van der Waals surface area contributed by atoms with Crippen LogP contribution in [0.1, 0.15) is 31.3 Å². The second-order valence-electron chi connectivity index (χ2n) is 9.25. The SMILES string of the molecule is CCNC(=O)Nc1nc2cc(-c3cnc(C(C)O)nc3)cc(-c3cc(CNCN4CCOCC4)ccn3)c2s1. The third kappa shape index (κ3) is 6.72. The van der Waals surface area contributed by atoms with Crippen molar-refractivity contribution in [3.8, 4) is 22.4 Å². The molecular weight excluding hydrogens is 516 g/mol. The zero-order valence-corrected chi connectivity index (χ0v) is 22.8. The smallest absolute Gasteiger partial charge is 0.321 e.